The maximum atomic E-state index is 14.2. The van der Waals surface area contributed by atoms with Gasteiger partial charge >= 0.3 is 0 Å². The summed E-state index contributed by atoms with van der Waals surface area (Å²) in [6.45, 7) is 3.16. The van der Waals surface area contributed by atoms with Crippen LogP contribution >= 0.6 is 27.7 Å². The Morgan fingerprint density at radius 1 is 0.756 bits per heavy atom. The number of hydrogen-bond donors (Lipinski definition) is 2. The number of likely N-dealkylation sites (tertiary alicyclic amines) is 1. The second-order valence-electron chi connectivity index (χ2n) is 12.5. The minimum absolute atomic E-state index is 0.0500. The molecular weight excluding hydrogens is 611 g/mol. The summed E-state index contributed by atoms with van der Waals surface area (Å²) in [6.07, 6.45) is 2.65. The summed E-state index contributed by atoms with van der Waals surface area (Å²) in [5.41, 5.74) is 5.81. The molecule has 3 atom stereocenters. The fourth-order valence-corrected chi connectivity index (χ4v) is 7.28. The van der Waals surface area contributed by atoms with Gasteiger partial charge < -0.3 is 10.6 Å². The minimum Gasteiger partial charge on any atom is -0.353 e. The van der Waals surface area contributed by atoms with Gasteiger partial charge in [0.2, 0.25) is 11.8 Å². The lowest BCUT2D eigenvalue weighted by Gasteiger charge is -2.40. The zero-order chi connectivity index (χ0) is 31.4. The van der Waals surface area contributed by atoms with Gasteiger partial charge in [0.15, 0.2) is 0 Å². The van der Waals surface area contributed by atoms with E-state index in [9.17, 15) is 9.59 Å². The van der Waals surface area contributed by atoms with Crippen molar-refractivity contribution in [2.75, 3.05) is 26.2 Å². The Morgan fingerprint density at radius 3 is 1.80 bits per heavy atom. The second-order valence-corrected chi connectivity index (χ2v) is 17.7. The average Bonchev–Trinajstić information content (AvgIpc) is 3.32. The monoisotopic (exact) mass is 653 g/mol. The maximum Gasteiger partial charge on any atom is 0.235 e. The second kappa shape index (κ2) is 13.8. The molecule has 0 aromatic heterocycles. The Labute approximate surface area is 274 Å². The zero-order valence-corrected chi connectivity index (χ0v) is 29.0. The molecule has 0 spiro atoms. The number of nitrogens with zero attached hydrogens (tertiary/aromatic N) is 1. The molecule has 1 aliphatic carbocycles. The standard InChI is InChI=1S/C37H42N3O2P3/c41-34(33(26-13-3-1-4-14-26)27-15-5-2-6-16-27)39-28-23-40(24-28)22-12-11-21-36(35(42)38-25-37(43,44)45)31-19-9-7-17-29(31)30-18-8-10-20-32(30)36/h1-10,13-20,28,33H,11-12,21-25,43-45H2,(H,38,42)(H,39,41). The highest BCUT2D eigenvalue weighted by atomic mass is 31.1. The molecule has 1 aliphatic heterocycles. The molecular formula is C37H42N3O2P3. The van der Waals surface area contributed by atoms with Crippen LogP contribution in [-0.2, 0) is 15.0 Å². The maximum absolute atomic E-state index is 14.2. The third-order valence-electron chi connectivity index (χ3n) is 9.11. The first-order chi connectivity index (χ1) is 21.8. The summed E-state index contributed by atoms with van der Waals surface area (Å²) in [6, 6.07) is 36.9. The van der Waals surface area contributed by atoms with E-state index in [2.05, 4.69) is 79.7 Å². The van der Waals surface area contributed by atoms with Crippen molar-refractivity contribution in [3.63, 3.8) is 0 Å². The van der Waals surface area contributed by atoms with Crippen LogP contribution in [-0.4, -0.2) is 53.6 Å². The largest absolute Gasteiger partial charge is 0.353 e. The third kappa shape index (κ3) is 6.94. The van der Waals surface area contributed by atoms with E-state index in [0.29, 0.717) is 6.54 Å². The number of amides is 2. The molecule has 3 unspecified atom stereocenters. The van der Waals surface area contributed by atoms with Gasteiger partial charge in [-0.25, -0.2) is 0 Å². The number of nitrogens with one attached hydrogen (secondary N) is 2. The molecule has 2 amide bonds. The van der Waals surface area contributed by atoms with E-state index in [1.165, 1.54) is 0 Å². The summed E-state index contributed by atoms with van der Waals surface area (Å²) in [7, 11) is 8.30. The van der Waals surface area contributed by atoms with E-state index in [0.717, 1.165) is 72.3 Å². The van der Waals surface area contributed by atoms with Crippen LogP contribution in [0.3, 0.4) is 0 Å². The van der Waals surface area contributed by atoms with Crippen LogP contribution in [0.4, 0.5) is 0 Å². The predicted octanol–water partition coefficient (Wildman–Crippen LogP) is 6.15. The van der Waals surface area contributed by atoms with Crippen molar-refractivity contribution < 1.29 is 9.59 Å². The summed E-state index contributed by atoms with van der Waals surface area (Å²) in [4.78, 5) is 30.1. The first-order valence-corrected chi connectivity index (χ1v) is 17.5. The lowest BCUT2D eigenvalue weighted by molar-refractivity contribution is -0.125. The van der Waals surface area contributed by atoms with E-state index in [4.69, 9.17) is 0 Å². The molecule has 2 N–H and O–H groups in total. The van der Waals surface area contributed by atoms with Crippen LogP contribution in [0.25, 0.3) is 11.1 Å². The van der Waals surface area contributed by atoms with Crippen molar-refractivity contribution in [2.24, 2.45) is 0 Å². The first kappa shape index (κ1) is 32.0. The van der Waals surface area contributed by atoms with Crippen LogP contribution in [0.15, 0.2) is 109 Å². The molecule has 4 aromatic rings. The molecule has 0 radical (unpaired) electrons. The fraction of sp³-hybridized carbons (Fsp3) is 0.297. The van der Waals surface area contributed by atoms with E-state index >= 15 is 0 Å². The van der Waals surface area contributed by atoms with Gasteiger partial charge in [0.05, 0.1) is 12.0 Å². The minimum atomic E-state index is -0.715. The number of unbranched alkanes of at least 4 members (excludes halogenated alkanes) is 1. The summed E-state index contributed by atoms with van der Waals surface area (Å²) >= 11 is 0. The van der Waals surface area contributed by atoms with Crippen LogP contribution in [0.1, 0.15) is 47.4 Å². The van der Waals surface area contributed by atoms with Crippen molar-refractivity contribution in [3.8, 4) is 11.1 Å². The van der Waals surface area contributed by atoms with Gasteiger partial charge in [-0.1, -0.05) is 116 Å². The van der Waals surface area contributed by atoms with E-state index in [-0.39, 0.29) is 28.4 Å². The Bertz CT molecular complexity index is 1550. The van der Waals surface area contributed by atoms with Crippen molar-refractivity contribution in [3.05, 3.63) is 131 Å². The van der Waals surface area contributed by atoms with Crippen LogP contribution in [0.2, 0.25) is 0 Å². The SMILES string of the molecule is O=C(NC1CN(CCCCC2(C(=O)NCC(P)(P)P)c3ccccc3-c3ccccc32)C1)C(c1ccccc1)c1ccccc1. The number of carbonyl (C=O) groups is 2. The smallest absolute Gasteiger partial charge is 0.235 e. The summed E-state index contributed by atoms with van der Waals surface area (Å²) in [5, 5.41) is 6.57. The molecule has 2 aliphatic rings. The van der Waals surface area contributed by atoms with Gasteiger partial charge in [-0.15, -0.1) is 27.7 Å². The Balaban J connectivity index is 1.08. The van der Waals surface area contributed by atoms with Crippen LogP contribution in [0.5, 0.6) is 0 Å². The normalized spacial score (nSPS) is 15.6. The van der Waals surface area contributed by atoms with Crippen LogP contribution in [0, 0.1) is 0 Å². The summed E-state index contributed by atoms with van der Waals surface area (Å²) < 4.78 is -0.250. The Morgan fingerprint density at radius 2 is 1.27 bits per heavy atom. The van der Waals surface area contributed by atoms with Crippen LogP contribution < -0.4 is 10.6 Å². The Kier molecular flexibility index (Phi) is 9.84. The molecule has 0 bridgehead atoms. The molecule has 1 heterocycles. The fourth-order valence-electron chi connectivity index (χ4n) is 6.98. The quantitative estimate of drug-likeness (QED) is 0.143. The lowest BCUT2D eigenvalue weighted by Crippen LogP contribution is -2.59. The predicted molar refractivity (Wildman–Crippen MR) is 194 cm³/mol. The molecule has 5 nitrogen and oxygen atoms in total. The number of rotatable bonds is 12. The first-order valence-electron chi connectivity index (χ1n) is 15.7. The lowest BCUT2D eigenvalue weighted by atomic mass is 9.73. The van der Waals surface area contributed by atoms with Gasteiger partial charge in [-0.2, -0.15) is 0 Å². The van der Waals surface area contributed by atoms with Gasteiger partial charge in [0.25, 0.3) is 0 Å². The Hall–Kier alpha value is -2.93. The van der Waals surface area contributed by atoms with Crippen molar-refractivity contribution >= 4 is 39.5 Å². The van der Waals surface area contributed by atoms with Crippen molar-refractivity contribution in [1.29, 1.82) is 0 Å². The van der Waals surface area contributed by atoms with E-state index in [1.54, 1.807) is 0 Å². The van der Waals surface area contributed by atoms with Crippen molar-refractivity contribution in [1.82, 2.24) is 15.5 Å². The molecule has 8 heteroatoms. The highest BCUT2D eigenvalue weighted by Crippen LogP contribution is 2.51. The number of fused-ring (bicyclic) bond motifs is 3. The number of hydrogen-bond acceptors (Lipinski definition) is 3. The summed E-state index contributed by atoms with van der Waals surface area (Å²) in [5.74, 6) is -0.209. The third-order valence-corrected chi connectivity index (χ3v) is 9.73. The van der Waals surface area contributed by atoms with Gasteiger partial charge in [-0.3, -0.25) is 14.5 Å². The molecule has 6 rings (SSSR count). The molecule has 45 heavy (non-hydrogen) atoms. The topological polar surface area (TPSA) is 61.4 Å². The molecule has 1 fully saturated rings. The number of benzene rings is 4. The van der Waals surface area contributed by atoms with E-state index in [1.807, 2.05) is 72.8 Å². The van der Waals surface area contributed by atoms with Gasteiger partial charge in [0.1, 0.15) is 5.41 Å². The van der Waals surface area contributed by atoms with E-state index < -0.39 is 5.41 Å². The molecule has 4 aromatic carbocycles. The average molecular weight is 654 g/mol. The molecule has 232 valence electrons. The van der Waals surface area contributed by atoms with Gasteiger partial charge in [-0.05, 0) is 52.8 Å². The number of carbonyl (C=O) groups excluding carboxylic acids is 2. The zero-order valence-electron chi connectivity index (χ0n) is 25.5. The van der Waals surface area contributed by atoms with Gasteiger partial charge in [0, 0.05) is 24.3 Å². The highest BCUT2D eigenvalue weighted by molar-refractivity contribution is 7.57. The molecule has 0 saturated carbocycles. The highest BCUT2D eigenvalue weighted by Gasteiger charge is 2.48. The molecule has 1 saturated heterocycles. The van der Waals surface area contributed by atoms with Crippen molar-refractivity contribution in [2.45, 2.75) is 41.3 Å².